The maximum Gasteiger partial charge on any atom is 0.0951 e. The third kappa shape index (κ3) is 2.87. The minimum Gasteiger partial charge on any atom is -0.378 e. The summed E-state index contributed by atoms with van der Waals surface area (Å²) in [6.45, 7) is 5.59. The lowest BCUT2D eigenvalue weighted by Gasteiger charge is -2.40. The quantitative estimate of drug-likeness (QED) is 0.811. The van der Waals surface area contributed by atoms with Gasteiger partial charge in [-0.3, -0.25) is 0 Å². The van der Waals surface area contributed by atoms with E-state index in [9.17, 15) is 0 Å². The highest BCUT2D eigenvalue weighted by molar-refractivity contribution is 4.94. The zero-order valence-electron chi connectivity index (χ0n) is 11.3. The number of hydrogen-bond acceptors (Lipinski definition) is 4. The fourth-order valence-corrected chi connectivity index (χ4v) is 3.52. The van der Waals surface area contributed by atoms with Gasteiger partial charge in [0.25, 0.3) is 0 Å². The van der Waals surface area contributed by atoms with Crippen molar-refractivity contribution >= 4 is 0 Å². The minimum atomic E-state index is 0.0205. The van der Waals surface area contributed by atoms with Crippen LogP contribution in [0, 0.1) is 0 Å². The first-order valence-electron chi connectivity index (χ1n) is 7.35. The highest BCUT2D eigenvalue weighted by atomic mass is 16.6. The summed E-state index contributed by atoms with van der Waals surface area (Å²) in [5.41, 5.74) is 0.0205. The molecule has 0 saturated carbocycles. The van der Waals surface area contributed by atoms with Crippen LogP contribution >= 0.6 is 0 Å². The van der Waals surface area contributed by atoms with Crippen molar-refractivity contribution in [1.82, 2.24) is 5.32 Å². The highest BCUT2D eigenvalue weighted by Gasteiger charge is 2.41. The average molecular weight is 255 g/mol. The largest absolute Gasteiger partial charge is 0.378 e. The molecule has 3 aliphatic rings. The fourth-order valence-electron chi connectivity index (χ4n) is 3.52. The van der Waals surface area contributed by atoms with Crippen LogP contribution in [0.15, 0.2) is 0 Å². The van der Waals surface area contributed by atoms with E-state index in [2.05, 4.69) is 12.2 Å². The molecule has 4 atom stereocenters. The molecule has 4 heteroatoms. The van der Waals surface area contributed by atoms with Crippen molar-refractivity contribution < 1.29 is 14.2 Å². The summed E-state index contributed by atoms with van der Waals surface area (Å²) < 4.78 is 17.1. The second kappa shape index (κ2) is 5.45. The van der Waals surface area contributed by atoms with Crippen LogP contribution < -0.4 is 5.32 Å². The summed E-state index contributed by atoms with van der Waals surface area (Å²) in [7, 11) is 0. The molecule has 3 saturated heterocycles. The van der Waals surface area contributed by atoms with Crippen molar-refractivity contribution in [2.75, 3.05) is 26.4 Å². The molecule has 1 N–H and O–H groups in total. The molecule has 0 aliphatic carbocycles. The normalized spacial score (nSPS) is 45.5. The van der Waals surface area contributed by atoms with Crippen LogP contribution in [0.25, 0.3) is 0 Å². The lowest BCUT2D eigenvalue weighted by Crippen LogP contribution is -2.51. The predicted molar refractivity (Wildman–Crippen MR) is 68.7 cm³/mol. The van der Waals surface area contributed by atoms with Crippen LogP contribution in [0.2, 0.25) is 0 Å². The average Bonchev–Trinajstić information content (AvgIpc) is 2.77. The molecule has 3 fully saturated rings. The van der Waals surface area contributed by atoms with Gasteiger partial charge in [0, 0.05) is 38.3 Å². The first-order chi connectivity index (χ1) is 8.76. The van der Waals surface area contributed by atoms with Crippen LogP contribution in [-0.4, -0.2) is 50.2 Å². The first-order valence-corrected chi connectivity index (χ1v) is 7.35. The van der Waals surface area contributed by atoms with Crippen molar-refractivity contribution in [2.45, 2.75) is 62.8 Å². The molecule has 3 aliphatic heterocycles. The zero-order chi connectivity index (χ0) is 12.4. The van der Waals surface area contributed by atoms with E-state index in [1.165, 1.54) is 0 Å². The first kappa shape index (κ1) is 12.9. The highest BCUT2D eigenvalue weighted by Crippen LogP contribution is 2.33. The minimum absolute atomic E-state index is 0.0205. The van der Waals surface area contributed by atoms with Crippen LogP contribution in [0.4, 0.5) is 0 Å². The molecule has 0 aromatic carbocycles. The standard InChI is InChI=1S/C14H25NO3/c1-11-8-12(2-5-17-11)15-13-3-6-18-14(9-13)4-7-16-10-14/h11-13,15H,2-10H2,1H3. The third-order valence-electron chi connectivity index (χ3n) is 4.52. The number of ether oxygens (including phenoxy) is 3. The second-order valence-electron chi connectivity index (χ2n) is 6.09. The van der Waals surface area contributed by atoms with E-state index < -0.39 is 0 Å². The van der Waals surface area contributed by atoms with Gasteiger partial charge in [-0.25, -0.2) is 0 Å². The van der Waals surface area contributed by atoms with Crippen molar-refractivity contribution in [3.63, 3.8) is 0 Å². The molecule has 4 unspecified atom stereocenters. The summed E-state index contributed by atoms with van der Waals surface area (Å²) in [6.07, 6.45) is 5.99. The Hall–Kier alpha value is -0.160. The summed E-state index contributed by atoms with van der Waals surface area (Å²) in [5.74, 6) is 0. The monoisotopic (exact) mass is 255 g/mol. The molecule has 0 amide bonds. The molecule has 0 radical (unpaired) electrons. The maximum absolute atomic E-state index is 5.98. The maximum atomic E-state index is 5.98. The lowest BCUT2D eigenvalue weighted by atomic mass is 9.88. The molecule has 4 nitrogen and oxygen atoms in total. The molecule has 0 aromatic rings. The van der Waals surface area contributed by atoms with E-state index in [1.807, 2.05) is 0 Å². The summed E-state index contributed by atoms with van der Waals surface area (Å²) in [4.78, 5) is 0. The fraction of sp³-hybridized carbons (Fsp3) is 1.00. The second-order valence-corrected chi connectivity index (χ2v) is 6.09. The van der Waals surface area contributed by atoms with E-state index in [0.29, 0.717) is 18.2 Å². The van der Waals surface area contributed by atoms with Gasteiger partial charge >= 0.3 is 0 Å². The Bertz CT molecular complexity index is 278. The molecule has 1 spiro atoms. The molecule has 18 heavy (non-hydrogen) atoms. The van der Waals surface area contributed by atoms with Gasteiger partial charge in [0.05, 0.1) is 18.3 Å². The van der Waals surface area contributed by atoms with Crippen LogP contribution in [-0.2, 0) is 14.2 Å². The number of rotatable bonds is 2. The number of hydrogen-bond donors (Lipinski definition) is 1. The molecule has 3 rings (SSSR count). The summed E-state index contributed by atoms with van der Waals surface area (Å²) in [6, 6.07) is 1.21. The SMILES string of the molecule is CC1CC(NC2CCOC3(CCOC3)C2)CCO1. The van der Waals surface area contributed by atoms with Crippen molar-refractivity contribution in [2.24, 2.45) is 0 Å². The van der Waals surface area contributed by atoms with E-state index in [1.54, 1.807) is 0 Å². The Balaban J connectivity index is 1.52. The summed E-state index contributed by atoms with van der Waals surface area (Å²) >= 11 is 0. The van der Waals surface area contributed by atoms with Crippen molar-refractivity contribution in [1.29, 1.82) is 0 Å². The van der Waals surface area contributed by atoms with Crippen LogP contribution in [0.3, 0.4) is 0 Å². The van der Waals surface area contributed by atoms with E-state index in [4.69, 9.17) is 14.2 Å². The van der Waals surface area contributed by atoms with Gasteiger partial charge < -0.3 is 19.5 Å². The van der Waals surface area contributed by atoms with E-state index in [0.717, 1.165) is 58.5 Å². The Morgan fingerprint density at radius 2 is 2.00 bits per heavy atom. The van der Waals surface area contributed by atoms with Gasteiger partial charge in [-0.1, -0.05) is 0 Å². The Morgan fingerprint density at radius 3 is 2.78 bits per heavy atom. The Morgan fingerprint density at radius 1 is 1.11 bits per heavy atom. The third-order valence-corrected chi connectivity index (χ3v) is 4.52. The van der Waals surface area contributed by atoms with E-state index in [-0.39, 0.29) is 5.60 Å². The predicted octanol–water partition coefficient (Wildman–Crippen LogP) is 1.48. The molecule has 104 valence electrons. The van der Waals surface area contributed by atoms with Gasteiger partial charge in [0.2, 0.25) is 0 Å². The summed E-state index contributed by atoms with van der Waals surface area (Å²) in [5, 5.41) is 3.82. The number of nitrogens with one attached hydrogen (secondary N) is 1. The zero-order valence-corrected chi connectivity index (χ0v) is 11.3. The Kier molecular flexibility index (Phi) is 3.89. The molecular weight excluding hydrogens is 230 g/mol. The van der Waals surface area contributed by atoms with Gasteiger partial charge in [0.1, 0.15) is 0 Å². The van der Waals surface area contributed by atoms with Crippen molar-refractivity contribution in [3.8, 4) is 0 Å². The van der Waals surface area contributed by atoms with Crippen LogP contribution in [0.5, 0.6) is 0 Å². The molecular formula is C14H25NO3. The molecule has 0 aromatic heterocycles. The Labute approximate surface area is 109 Å². The van der Waals surface area contributed by atoms with E-state index >= 15 is 0 Å². The van der Waals surface area contributed by atoms with Gasteiger partial charge in [0.15, 0.2) is 0 Å². The lowest BCUT2D eigenvalue weighted by molar-refractivity contribution is -0.0923. The van der Waals surface area contributed by atoms with Gasteiger partial charge in [-0.2, -0.15) is 0 Å². The molecule has 3 heterocycles. The van der Waals surface area contributed by atoms with Crippen molar-refractivity contribution in [3.05, 3.63) is 0 Å². The topological polar surface area (TPSA) is 39.7 Å². The van der Waals surface area contributed by atoms with Gasteiger partial charge in [-0.15, -0.1) is 0 Å². The van der Waals surface area contributed by atoms with Gasteiger partial charge in [-0.05, 0) is 32.6 Å². The van der Waals surface area contributed by atoms with Crippen LogP contribution in [0.1, 0.15) is 39.0 Å². The smallest absolute Gasteiger partial charge is 0.0951 e. The molecule has 0 bridgehead atoms.